The summed E-state index contributed by atoms with van der Waals surface area (Å²) in [5.41, 5.74) is 6.58. The first kappa shape index (κ1) is 15.4. The summed E-state index contributed by atoms with van der Waals surface area (Å²) in [7, 11) is 3.47. The predicted octanol–water partition coefficient (Wildman–Crippen LogP) is 1.78. The topological polar surface area (TPSA) is 71.2 Å². The van der Waals surface area contributed by atoms with Crippen molar-refractivity contribution in [3.63, 3.8) is 0 Å². The number of nitrogens with zero attached hydrogens (tertiary/aromatic N) is 2. The van der Waals surface area contributed by atoms with Crippen LogP contribution in [-0.4, -0.2) is 29.9 Å². The Bertz CT molecular complexity index is 629. The van der Waals surface area contributed by atoms with Crippen LogP contribution in [0.4, 0.5) is 9.52 Å². The molecule has 0 fully saturated rings. The molecule has 1 aromatic carbocycles. The van der Waals surface area contributed by atoms with Crippen molar-refractivity contribution in [2.45, 2.75) is 12.6 Å². The minimum atomic E-state index is -0.692. The van der Waals surface area contributed by atoms with Crippen LogP contribution >= 0.6 is 11.3 Å². The van der Waals surface area contributed by atoms with E-state index in [1.54, 1.807) is 42.6 Å². The molecule has 5 nitrogen and oxygen atoms in total. The molecule has 0 aliphatic heterocycles. The van der Waals surface area contributed by atoms with Crippen molar-refractivity contribution in [3.8, 4) is 0 Å². The van der Waals surface area contributed by atoms with Gasteiger partial charge in [0.15, 0.2) is 5.13 Å². The van der Waals surface area contributed by atoms with E-state index in [0.29, 0.717) is 16.4 Å². The second kappa shape index (κ2) is 6.64. The lowest BCUT2D eigenvalue weighted by Gasteiger charge is -2.24. The molecule has 2 aromatic rings. The fourth-order valence-electron chi connectivity index (χ4n) is 2.03. The van der Waals surface area contributed by atoms with Crippen LogP contribution in [0.2, 0.25) is 0 Å². The molecule has 1 aromatic heterocycles. The summed E-state index contributed by atoms with van der Waals surface area (Å²) >= 11 is 1.31. The van der Waals surface area contributed by atoms with Crippen LogP contribution in [0.5, 0.6) is 0 Å². The Morgan fingerprint density at radius 3 is 2.76 bits per heavy atom. The molecule has 1 atom stereocenters. The Morgan fingerprint density at radius 2 is 2.19 bits per heavy atom. The number of hydrogen-bond acceptors (Lipinski definition) is 5. The maximum absolute atomic E-state index is 13.9. The molecule has 1 amide bonds. The van der Waals surface area contributed by atoms with Gasteiger partial charge in [-0.15, -0.1) is 11.3 Å². The zero-order chi connectivity index (χ0) is 15.4. The molecular weight excluding hydrogens is 291 g/mol. The van der Waals surface area contributed by atoms with Crippen molar-refractivity contribution in [3.05, 3.63) is 46.7 Å². The molecule has 21 heavy (non-hydrogen) atoms. The highest BCUT2D eigenvalue weighted by atomic mass is 32.1. The van der Waals surface area contributed by atoms with Crippen LogP contribution in [0.25, 0.3) is 0 Å². The van der Waals surface area contributed by atoms with E-state index in [9.17, 15) is 9.18 Å². The highest BCUT2D eigenvalue weighted by molar-refractivity contribution is 7.13. The number of nitrogens with two attached hydrogens (primary N) is 1. The highest BCUT2D eigenvalue weighted by Gasteiger charge is 2.25. The minimum absolute atomic E-state index is 0.269. The lowest BCUT2D eigenvalue weighted by atomic mass is 10.0. The number of rotatable bonds is 5. The third kappa shape index (κ3) is 3.77. The van der Waals surface area contributed by atoms with Gasteiger partial charge in [0, 0.05) is 10.9 Å². The summed E-state index contributed by atoms with van der Waals surface area (Å²) in [5, 5.41) is 5.00. The Kier molecular flexibility index (Phi) is 4.87. The Labute approximate surface area is 126 Å². The molecular formula is C14H17FN4OS. The summed E-state index contributed by atoms with van der Waals surface area (Å²) < 4.78 is 13.9. The molecule has 112 valence electrons. The van der Waals surface area contributed by atoms with E-state index >= 15 is 0 Å². The summed E-state index contributed by atoms with van der Waals surface area (Å²) in [5.74, 6) is -0.680. The predicted molar refractivity (Wildman–Crippen MR) is 81.2 cm³/mol. The number of thiazole rings is 1. The van der Waals surface area contributed by atoms with Gasteiger partial charge in [0.25, 0.3) is 0 Å². The van der Waals surface area contributed by atoms with Crippen LogP contribution in [0.3, 0.4) is 0 Å². The molecule has 1 heterocycles. The average Bonchev–Trinajstić information content (AvgIpc) is 2.84. The number of nitrogen functional groups attached to an aromatic ring is 1. The second-order valence-corrected chi connectivity index (χ2v) is 5.67. The first-order valence-corrected chi connectivity index (χ1v) is 7.25. The van der Waals surface area contributed by atoms with Gasteiger partial charge in [-0.05, 0) is 20.2 Å². The average molecular weight is 308 g/mol. The van der Waals surface area contributed by atoms with Crippen LogP contribution in [-0.2, 0) is 11.3 Å². The van der Waals surface area contributed by atoms with Crippen molar-refractivity contribution < 1.29 is 9.18 Å². The minimum Gasteiger partial charge on any atom is -0.375 e. The number of amides is 1. The molecule has 0 unspecified atom stereocenters. The van der Waals surface area contributed by atoms with E-state index in [4.69, 9.17) is 5.73 Å². The van der Waals surface area contributed by atoms with E-state index in [1.165, 1.54) is 17.4 Å². The molecule has 3 N–H and O–H groups in total. The van der Waals surface area contributed by atoms with Gasteiger partial charge in [0.05, 0.1) is 12.2 Å². The smallest absolute Gasteiger partial charge is 0.242 e. The third-order valence-corrected chi connectivity index (χ3v) is 3.70. The summed E-state index contributed by atoms with van der Waals surface area (Å²) in [6.45, 7) is 0.269. The van der Waals surface area contributed by atoms with Gasteiger partial charge in [-0.2, -0.15) is 0 Å². The van der Waals surface area contributed by atoms with E-state index < -0.39 is 11.9 Å². The van der Waals surface area contributed by atoms with Crippen molar-refractivity contribution in [2.24, 2.45) is 0 Å². The molecule has 7 heteroatoms. The number of benzene rings is 1. The van der Waals surface area contributed by atoms with Crippen LogP contribution in [0.15, 0.2) is 29.6 Å². The van der Waals surface area contributed by atoms with Crippen LogP contribution in [0.1, 0.15) is 17.3 Å². The van der Waals surface area contributed by atoms with E-state index in [2.05, 4.69) is 10.3 Å². The van der Waals surface area contributed by atoms with E-state index in [0.717, 1.165) is 0 Å². The van der Waals surface area contributed by atoms with Crippen molar-refractivity contribution in [1.82, 2.24) is 15.2 Å². The summed E-state index contributed by atoms with van der Waals surface area (Å²) in [4.78, 5) is 18.1. The van der Waals surface area contributed by atoms with Gasteiger partial charge in [0.2, 0.25) is 5.91 Å². The normalized spacial score (nSPS) is 12.4. The zero-order valence-electron chi connectivity index (χ0n) is 11.8. The first-order valence-electron chi connectivity index (χ1n) is 6.37. The molecule has 0 aliphatic rings. The van der Waals surface area contributed by atoms with Crippen LogP contribution < -0.4 is 11.1 Å². The lowest BCUT2D eigenvalue weighted by molar-refractivity contribution is -0.126. The summed E-state index contributed by atoms with van der Waals surface area (Å²) in [6.07, 6.45) is 0. The molecule has 0 saturated carbocycles. The fourth-order valence-corrected chi connectivity index (χ4v) is 2.59. The van der Waals surface area contributed by atoms with Gasteiger partial charge < -0.3 is 11.1 Å². The van der Waals surface area contributed by atoms with E-state index in [-0.39, 0.29) is 12.5 Å². The third-order valence-electron chi connectivity index (χ3n) is 2.98. The molecule has 0 spiro atoms. The lowest BCUT2D eigenvalue weighted by Crippen LogP contribution is -2.37. The Balaban J connectivity index is 2.11. The monoisotopic (exact) mass is 308 g/mol. The van der Waals surface area contributed by atoms with Crippen molar-refractivity contribution >= 4 is 22.4 Å². The van der Waals surface area contributed by atoms with Gasteiger partial charge in [0.1, 0.15) is 11.9 Å². The standard InChI is InChI=1S/C14H17FN4OS/c1-19(2)12(10-5-3-4-6-11(10)15)13(20)17-7-9-8-21-14(16)18-9/h3-6,8,12H,7H2,1-2H3,(H2,16,18)(H,17,20)/t12-/m0/s1. The maximum atomic E-state index is 13.9. The van der Waals surface area contributed by atoms with Crippen molar-refractivity contribution in [2.75, 3.05) is 19.8 Å². The number of carbonyl (C=O) groups is 1. The van der Waals surface area contributed by atoms with Gasteiger partial charge in [-0.3, -0.25) is 9.69 Å². The maximum Gasteiger partial charge on any atom is 0.242 e. The first-order chi connectivity index (χ1) is 9.99. The highest BCUT2D eigenvalue weighted by Crippen LogP contribution is 2.21. The molecule has 0 aliphatic carbocycles. The zero-order valence-corrected chi connectivity index (χ0v) is 12.7. The van der Waals surface area contributed by atoms with Gasteiger partial charge in [-0.25, -0.2) is 9.37 Å². The largest absolute Gasteiger partial charge is 0.375 e. The molecule has 0 radical (unpaired) electrons. The fraction of sp³-hybridized carbons (Fsp3) is 0.286. The van der Waals surface area contributed by atoms with E-state index in [1.807, 2.05) is 0 Å². The number of anilines is 1. The van der Waals surface area contributed by atoms with Gasteiger partial charge >= 0.3 is 0 Å². The Hall–Kier alpha value is -1.99. The Morgan fingerprint density at radius 1 is 1.48 bits per heavy atom. The second-order valence-electron chi connectivity index (χ2n) is 4.78. The summed E-state index contributed by atoms with van der Waals surface area (Å²) in [6, 6.07) is 5.58. The number of hydrogen-bond donors (Lipinski definition) is 2. The number of halogens is 1. The number of nitrogens with one attached hydrogen (secondary N) is 1. The molecule has 0 saturated heterocycles. The number of aromatic nitrogens is 1. The molecule has 2 rings (SSSR count). The molecule has 0 bridgehead atoms. The van der Waals surface area contributed by atoms with Gasteiger partial charge in [-0.1, -0.05) is 18.2 Å². The van der Waals surface area contributed by atoms with Crippen molar-refractivity contribution in [1.29, 1.82) is 0 Å². The van der Waals surface area contributed by atoms with Crippen LogP contribution in [0, 0.1) is 5.82 Å². The quantitative estimate of drug-likeness (QED) is 0.883. The number of carbonyl (C=O) groups excluding carboxylic acids is 1. The number of likely N-dealkylation sites (N-methyl/N-ethyl adjacent to an activating group) is 1. The SMILES string of the molecule is CN(C)[C@H](C(=O)NCc1csc(N)n1)c1ccccc1F.